The molecule has 0 amide bonds. The lowest BCUT2D eigenvalue weighted by Gasteiger charge is -2.33. The van der Waals surface area contributed by atoms with Gasteiger partial charge in [-0.3, -0.25) is 9.69 Å². The van der Waals surface area contributed by atoms with Crippen molar-refractivity contribution in [2.75, 3.05) is 20.3 Å². The highest BCUT2D eigenvalue weighted by atomic mass is 16.5. The fraction of sp³-hybridized carbons (Fsp3) is 0.407. The Balaban J connectivity index is 1.67. The average Bonchev–Trinajstić information content (AvgIpc) is 3.30. The van der Waals surface area contributed by atoms with Crippen LogP contribution in [0.5, 0.6) is 5.75 Å². The number of hydrogen-bond acceptors (Lipinski definition) is 7. The Labute approximate surface area is 210 Å². The Bertz CT molecular complexity index is 1350. The molecule has 0 aliphatic heterocycles. The van der Waals surface area contributed by atoms with Gasteiger partial charge in [0.1, 0.15) is 5.75 Å². The number of nitrogens with zero attached hydrogens (tertiary/aromatic N) is 5. The van der Waals surface area contributed by atoms with Gasteiger partial charge in [-0.1, -0.05) is 37.6 Å². The van der Waals surface area contributed by atoms with Crippen LogP contribution in [0, 0.1) is 12.8 Å². The highest BCUT2D eigenvalue weighted by Crippen LogP contribution is 2.29. The molecule has 0 aliphatic rings. The largest absolute Gasteiger partial charge is 0.497 e. The van der Waals surface area contributed by atoms with E-state index in [-0.39, 0.29) is 24.1 Å². The van der Waals surface area contributed by atoms with Crippen molar-refractivity contribution < 1.29 is 9.84 Å². The van der Waals surface area contributed by atoms with Crippen LogP contribution >= 0.6 is 0 Å². The number of aromatic nitrogens is 5. The van der Waals surface area contributed by atoms with Crippen molar-refractivity contribution in [2.45, 2.75) is 46.3 Å². The van der Waals surface area contributed by atoms with Gasteiger partial charge in [0.2, 0.25) is 0 Å². The van der Waals surface area contributed by atoms with Crippen molar-refractivity contribution in [1.82, 2.24) is 30.1 Å². The summed E-state index contributed by atoms with van der Waals surface area (Å²) in [6, 6.07) is 15.6. The van der Waals surface area contributed by atoms with Crippen molar-refractivity contribution in [3.63, 3.8) is 0 Å². The van der Waals surface area contributed by atoms with Crippen LogP contribution in [0.1, 0.15) is 48.8 Å². The van der Waals surface area contributed by atoms with Gasteiger partial charge < -0.3 is 14.8 Å². The van der Waals surface area contributed by atoms with Crippen molar-refractivity contribution in [1.29, 1.82) is 0 Å². The predicted octanol–water partition coefficient (Wildman–Crippen LogP) is 3.46. The summed E-state index contributed by atoms with van der Waals surface area (Å²) in [6.45, 7) is 7.87. The van der Waals surface area contributed by atoms with E-state index in [1.165, 1.54) is 0 Å². The standard InChI is InChI=1S/C27H34N6O3/c1-18(2)25(26-29-30-31-33(26)16-20-7-9-23(36-4)10-8-20)32(12-5-13-34)17-22-15-21-14-19(3)6-11-24(21)28-27(22)35/h6-11,14-15,18,25,34H,5,12-13,16-17H2,1-4H3,(H,28,35)/t25-/m1/s1. The number of hydrogen-bond donors (Lipinski definition) is 2. The van der Waals surface area contributed by atoms with E-state index in [1.54, 1.807) is 7.11 Å². The first-order valence-electron chi connectivity index (χ1n) is 12.3. The van der Waals surface area contributed by atoms with Crippen LogP contribution in [0.25, 0.3) is 10.9 Å². The van der Waals surface area contributed by atoms with Gasteiger partial charge in [-0.05, 0) is 71.0 Å². The number of aliphatic hydroxyl groups is 1. The van der Waals surface area contributed by atoms with E-state index in [9.17, 15) is 9.90 Å². The lowest BCUT2D eigenvalue weighted by atomic mass is 10.00. The molecular formula is C27H34N6O3. The maximum Gasteiger partial charge on any atom is 0.252 e. The monoisotopic (exact) mass is 490 g/mol. The number of ether oxygens (including phenoxy) is 1. The van der Waals surface area contributed by atoms with Crippen LogP contribution < -0.4 is 10.3 Å². The molecule has 1 atom stereocenters. The molecule has 0 spiro atoms. The van der Waals surface area contributed by atoms with E-state index in [2.05, 4.69) is 45.3 Å². The molecule has 9 nitrogen and oxygen atoms in total. The number of rotatable bonds is 11. The average molecular weight is 491 g/mol. The molecule has 0 fully saturated rings. The van der Waals surface area contributed by atoms with Crippen molar-refractivity contribution in [3.8, 4) is 5.75 Å². The Morgan fingerprint density at radius 3 is 2.61 bits per heavy atom. The number of tetrazole rings is 1. The molecule has 0 aliphatic carbocycles. The van der Waals surface area contributed by atoms with E-state index in [0.717, 1.165) is 33.6 Å². The third-order valence-electron chi connectivity index (χ3n) is 6.39. The molecule has 0 radical (unpaired) electrons. The molecule has 4 rings (SSSR count). The summed E-state index contributed by atoms with van der Waals surface area (Å²) in [5.74, 6) is 1.68. The number of aromatic amines is 1. The minimum atomic E-state index is -0.155. The molecule has 0 saturated heterocycles. The van der Waals surface area contributed by atoms with Crippen LogP contribution in [0.15, 0.2) is 53.3 Å². The number of nitrogens with one attached hydrogen (secondary N) is 1. The Morgan fingerprint density at radius 1 is 1.14 bits per heavy atom. The van der Waals surface area contributed by atoms with Gasteiger partial charge in [0.25, 0.3) is 5.56 Å². The van der Waals surface area contributed by atoms with E-state index < -0.39 is 0 Å². The van der Waals surface area contributed by atoms with Crippen molar-refractivity contribution in [3.05, 3.63) is 81.4 Å². The van der Waals surface area contributed by atoms with Gasteiger partial charge in [-0.15, -0.1) is 5.10 Å². The zero-order chi connectivity index (χ0) is 25.7. The smallest absolute Gasteiger partial charge is 0.252 e. The fourth-order valence-corrected chi connectivity index (χ4v) is 4.62. The number of aliphatic hydroxyl groups excluding tert-OH is 1. The van der Waals surface area contributed by atoms with Crippen LogP contribution in [0.3, 0.4) is 0 Å². The minimum absolute atomic E-state index is 0.0609. The summed E-state index contributed by atoms with van der Waals surface area (Å²) in [5, 5.41) is 23.3. The second-order valence-electron chi connectivity index (χ2n) is 9.49. The van der Waals surface area contributed by atoms with Gasteiger partial charge in [-0.2, -0.15) is 0 Å². The quantitative estimate of drug-likeness (QED) is 0.331. The molecule has 190 valence electrons. The molecule has 2 aromatic heterocycles. The van der Waals surface area contributed by atoms with Crippen LogP contribution in [-0.4, -0.2) is 55.5 Å². The number of benzene rings is 2. The van der Waals surface area contributed by atoms with Crippen molar-refractivity contribution >= 4 is 10.9 Å². The minimum Gasteiger partial charge on any atom is -0.497 e. The normalized spacial score (nSPS) is 12.5. The van der Waals surface area contributed by atoms with Crippen molar-refractivity contribution in [2.24, 2.45) is 5.92 Å². The molecular weight excluding hydrogens is 456 g/mol. The van der Waals surface area contributed by atoms with Crippen LogP contribution in [0.2, 0.25) is 0 Å². The van der Waals surface area contributed by atoms with E-state index >= 15 is 0 Å². The number of pyridine rings is 1. The molecule has 0 saturated carbocycles. The molecule has 2 aromatic carbocycles. The molecule has 2 heterocycles. The summed E-state index contributed by atoms with van der Waals surface area (Å²) < 4.78 is 7.08. The number of fused-ring (bicyclic) bond motifs is 1. The lowest BCUT2D eigenvalue weighted by Crippen LogP contribution is -2.36. The molecule has 9 heteroatoms. The zero-order valence-corrected chi connectivity index (χ0v) is 21.3. The highest BCUT2D eigenvalue weighted by Gasteiger charge is 2.29. The second-order valence-corrected chi connectivity index (χ2v) is 9.49. The SMILES string of the molecule is COc1ccc(Cn2nnnc2[C@@H](C(C)C)N(CCCO)Cc2cc3cc(C)ccc3[nH]c2=O)cc1. The summed E-state index contributed by atoms with van der Waals surface area (Å²) in [4.78, 5) is 18.2. The first kappa shape index (κ1) is 25.5. The summed E-state index contributed by atoms with van der Waals surface area (Å²) in [6.07, 6.45) is 0.577. The molecule has 4 aromatic rings. The molecule has 36 heavy (non-hydrogen) atoms. The number of methoxy groups -OCH3 is 1. The van der Waals surface area contributed by atoms with E-state index in [1.807, 2.05) is 54.1 Å². The lowest BCUT2D eigenvalue weighted by molar-refractivity contribution is 0.122. The van der Waals surface area contributed by atoms with E-state index in [4.69, 9.17) is 4.74 Å². The summed E-state index contributed by atoms with van der Waals surface area (Å²) >= 11 is 0. The number of H-pyrrole nitrogens is 1. The fourth-order valence-electron chi connectivity index (χ4n) is 4.62. The third-order valence-corrected chi connectivity index (χ3v) is 6.39. The first-order valence-corrected chi connectivity index (χ1v) is 12.3. The number of aryl methyl sites for hydroxylation is 1. The highest BCUT2D eigenvalue weighted by molar-refractivity contribution is 5.79. The van der Waals surface area contributed by atoms with Crippen LogP contribution in [-0.2, 0) is 13.1 Å². The van der Waals surface area contributed by atoms with Gasteiger partial charge in [0.05, 0.1) is 19.7 Å². The second kappa shape index (κ2) is 11.5. The Hall–Kier alpha value is -3.56. The summed E-state index contributed by atoms with van der Waals surface area (Å²) in [5.41, 5.74) is 3.57. The van der Waals surface area contributed by atoms with Gasteiger partial charge in [-0.25, -0.2) is 4.68 Å². The molecule has 2 N–H and O–H groups in total. The van der Waals surface area contributed by atoms with E-state index in [0.29, 0.717) is 31.6 Å². The summed E-state index contributed by atoms with van der Waals surface area (Å²) in [7, 11) is 1.64. The van der Waals surface area contributed by atoms with Gasteiger partial charge in [0.15, 0.2) is 5.82 Å². The predicted molar refractivity (Wildman–Crippen MR) is 139 cm³/mol. The van der Waals surface area contributed by atoms with Gasteiger partial charge >= 0.3 is 0 Å². The Morgan fingerprint density at radius 2 is 1.92 bits per heavy atom. The Kier molecular flexibility index (Phi) is 8.12. The zero-order valence-electron chi connectivity index (χ0n) is 21.3. The third kappa shape index (κ3) is 5.80. The molecule has 0 unspecified atom stereocenters. The maximum absolute atomic E-state index is 13.0. The molecule has 0 bridgehead atoms. The van der Waals surface area contributed by atoms with Crippen LogP contribution in [0.4, 0.5) is 0 Å². The van der Waals surface area contributed by atoms with Gasteiger partial charge in [0, 0.05) is 30.8 Å². The first-order chi connectivity index (χ1) is 17.4. The topological polar surface area (TPSA) is 109 Å². The maximum atomic E-state index is 13.0.